The quantitative estimate of drug-likeness (QED) is 0.666. The molecule has 1 aromatic carbocycles. The normalized spacial score (nSPS) is 23.7. The first-order chi connectivity index (χ1) is 6.27. The smallest absolute Gasteiger partial charge is 0.0441 e. The van der Waals surface area contributed by atoms with Crippen LogP contribution >= 0.6 is 11.6 Å². The molecule has 0 saturated carbocycles. The summed E-state index contributed by atoms with van der Waals surface area (Å²) in [4.78, 5) is 2.36. The molecule has 1 aromatic rings. The largest absolute Gasteiger partial charge is 0.306 e. The lowest BCUT2D eigenvalue weighted by Crippen LogP contribution is -2.13. The fraction of sp³-hybridized carbons (Fsp3) is 0.455. The minimum atomic E-state index is 0.638. The van der Waals surface area contributed by atoms with Gasteiger partial charge >= 0.3 is 0 Å². The van der Waals surface area contributed by atoms with Crippen molar-refractivity contribution in [3.8, 4) is 0 Å². The van der Waals surface area contributed by atoms with E-state index >= 15 is 0 Å². The molecule has 1 heterocycles. The first kappa shape index (κ1) is 9.04. The van der Waals surface area contributed by atoms with E-state index in [1.807, 2.05) is 12.1 Å². The maximum Gasteiger partial charge on any atom is 0.0441 e. The molecule has 0 radical (unpaired) electrons. The molecule has 1 aliphatic heterocycles. The van der Waals surface area contributed by atoms with Gasteiger partial charge in [-0.15, -0.1) is 0 Å². The standard InChI is InChI=1S/C11H14ClN/c1-13-7-6-9(8-13)10-4-2-3-5-11(10)12/h2-5,9H,6-8H2,1H3. The topological polar surface area (TPSA) is 3.24 Å². The molecule has 1 nitrogen and oxygen atoms in total. The van der Waals surface area contributed by atoms with Crippen LogP contribution in [-0.2, 0) is 0 Å². The summed E-state index contributed by atoms with van der Waals surface area (Å²) in [7, 11) is 2.16. The zero-order chi connectivity index (χ0) is 9.26. The van der Waals surface area contributed by atoms with E-state index in [1.165, 1.54) is 18.5 Å². The number of hydrogen-bond acceptors (Lipinski definition) is 1. The van der Waals surface area contributed by atoms with E-state index in [9.17, 15) is 0 Å². The molecule has 70 valence electrons. The second-order valence-electron chi connectivity index (χ2n) is 3.77. The second kappa shape index (κ2) is 3.69. The van der Waals surface area contributed by atoms with Crippen molar-refractivity contribution in [1.82, 2.24) is 4.90 Å². The van der Waals surface area contributed by atoms with E-state index in [0.717, 1.165) is 11.6 Å². The van der Waals surface area contributed by atoms with Crippen LogP contribution in [-0.4, -0.2) is 25.0 Å². The fourth-order valence-corrected chi connectivity index (χ4v) is 2.29. The second-order valence-corrected chi connectivity index (χ2v) is 4.18. The molecule has 1 unspecified atom stereocenters. The molecular weight excluding hydrogens is 182 g/mol. The van der Waals surface area contributed by atoms with Crippen LogP contribution in [0.3, 0.4) is 0 Å². The number of hydrogen-bond donors (Lipinski definition) is 0. The average Bonchev–Trinajstić information content (AvgIpc) is 2.53. The summed E-state index contributed by atoms with van der Waals surface area (Å²) in [5.74, 6) is 0.638. The monoisotopic (exact) mass is 195 g/mol. The number of nitrogens with zero attached hydrogens (tertiary/aromatic N) is 1. The highest BCUT2D eigenvalue weighted by molar-refractivity contribution is 6.31. The molecule has 1 saturated heterocycles. The molecule has 2 heteroatoms. The average molecular weight is 196 g/mol. The number of halogens is 1. The Labute approximate surface area is 84.3 Å². The molecule has 13 heavy (non-hydrogen) atoms. The van der Waals surface area contributed by atoms with Gasteiger partial charge in [-0.05, 0) is 37.6 Å². The van der Waals surface area contributed by atoms with Crippen LogP contribution in [0.5, 0.6) is 0 Å². The first-order valence-corrected chi connectivity index (χ1v) is 5.08. The minimum Gasteiger partial charge on any atom is -0.306 e. The number of benzene rings is 1. The summed E-state index contributed by atoms with van der Waals surface area (Å²) in [6.07, 6.45) is 1.24. The van der Waals surface area contributed by atoms with E-state index < -0.39 is 0 Å². The van der Waals surface area contributed by atoms with Crippen LogP contribution < -0.4 is 0 Å². The minimum absolute atomic E-state index is 0.638. The van der Waals surface area contributed by atoms with E-state index in [0.29, 0.717) is 5.92 Å². The summed E-state index contributed by atoms with van der Waals surface area (Å²) < 4.78 is 0. The highest BCUT2D eigenvalue weighted by Gasteiger charge is 2.22. The van der Waals surface area contributed by atoms with Crippen molar-refractivity contribution in [2.75, 3.05) is 20.1 Å². The van der Waals surface area contributed by atoms with E-state index in [4.69, 9.17) is 11.6 Å². The van der Waals surface area contributed by atoms with E-state index in [1.54, 1.807) is 0 Å². The van der Waals surface area contributed by atoms with Gasteiger partial charge in [0, 0.05) is 11.6 Å². The predicted octanol–water partition coefficient (Wildman–Crippen LogP) is 2.76. The van der Waals surface area contributed by atoms with Crippen LogP contribution in [0.25, 0.3) is 0 Å². The highest BCUT2D eigenvalue weighted by Crippen LogP contribution is 2.30. The van der Waals surface area contributed by atoms with E-state index in [2.05, 4.69) is 24.1 Å². The Morgan fingerprint density at radius 1 is 1.38 bits per heavy atom. The number of likely N-dealkylation sites (N-methyl/N-ethyl adjacent to an activating group) is 1. The van der Waals surface area contributed by atoms with Gasteiger partial charge in [-0.1, -0.05) is 29.8 Å². The summed E-state index contributed by atoms with van der Waals surface area (Å²) in [6, 6.07) is 8.19. The third-order valence-corrected chi connectivity index (χ3v) is 3.08. The van der Waals surface area contributed by atoms with Crippen molar-refractivity contribution >= 4 is 11.6 Å². The Balaban J connectivity index is 2.21. The highest BCUT2D eigenvalue weighted by atomic mass is 35.5. The van der Waals surface area contributed by atoms with Crippen molar-refractivity contribution in [3.63, 3.8) is 0 Å². The molecule has 1 aliphatic rings. The molecule has 2 rings (SSSR count). The van der Waals surface area contributed by atoms with E-state index in [-0.39, 0.29) is 0 Å². The molecule has 0 aromatic heterocycles. The third-order valence-electron chi connectivity index (χ3n) is 2.74. The van der Waals surface area contributed by atoms with Gasteiger partial charge in [-0.25, -0.2) is 0 Å². The molecule has 0 spiro atoms. The zero-order valence-corrected chi connectivity index (χ0v) is 8.59. The maximum atomic E-state index is 6.13. The fourth-order valence-electron chi connectivity index (χ4n) is 2.00. The first-order valence-electron chi connectivity index (χ1n) is 4.70. The molecule has 0 amide bonds. The zero-order valence-electron chi connectivity index (χ0n) is 7.83. The molecule has 0 N–H and O–H groups in total. The summed E-state index contributed by atoms with van der Waals surface area (Å²) in [6.45, 7) is 2.33. The predicted molar refractivity (Wildman–Crippen MR) is 56.3 cm³/mol. The molecule has 1 atom stereocenters. The van der Waals surface area contributed by atoms with Gasteiger partial charge in [0.2, 0.25) is 0 Å². The molecule has 0 bridgehead atoms. The SMILES string of the molecule is CN1CCC(c2ccccc2Cl)C1. The van der Waals surface area contributed by atoms with Gasteiger partial charge in [0.25, 0.3) is 0 Å². The van der Waals surface area contributed by atoms with Crippen LogP contribution in [0, 0.1) is 0 Å². The van der Waals surface area contributed by atoms with Gasteiger partial charge in [-0.3, -0.25) is 0 Å². The summed E-state index contributed by atoms with van der Waals surface area (Å²) >= 11 is 6.13. The lowest BCUT2D eigenvalue weighted by atomic mass is 9.99. The van der Waals surface area contributed by atoms with Crippen LogP contribution in [0.15, 0.2) is 24.3 Å². The van der Waals surface area contributed by atoms with Crippen molar-refractivity contribution in [1.29, 1.82) is 0 Å². The van der Waals surface area contributed by atoms with Crippen molar-refractivity contribution in [3.05, 3.63) is 34.9 Å². The lowest BCUT2D eigenvalue weighted by molar-refractivity contribution is 0.411. The van der Waals surface area contributed by atoms with Crippen molar-refractivity contribution in [2.45, 2.75) is 12.3 Å². The number of likely N-dealkylation sites (tertiary alicyclic amines) is 1. The number of rotatable bonds is 1. The summed E-state index contributed by atoms with van der Waals surface area (Å²) in [5.41, 5.74) is 1.31. The van der Waals surface area contributed by atoms with Gasteiger partial charge < -0.3 is 4.90 Å². The Bertz CT molecular complexity index is 298. The summed E-state index contributed by atoms with van der Waals surface area (Å²) in [5, 5.41) is 0.919. The van der Waals surface area contributed by atoms with Gasteiger partial charge in [0.1, 0.15) is 0 Å². The molecular formula is C11H14ClN. The van der Waals surface area contributed by atoms with Crippen molar-refractivity contribution < 1.29 is 0 Å². The third kappa shape index (κ3) is 1.87. The molecule has 1 fully saturated rings. The van der Waals surface area contributed by atoms with Gasteiger partial charge in [-0.2, -0.15) is 0 Å². The Morgan fingerprint density at radius 2 is 2.15 bits per heavy atom. The Hall–Kier alpha value is -0.530. The Morgan fingerprint density at radius 3 is 2.77 bits per heavy atom. The van der Waals surface area contributed by atoms with Crippen LogP contribution in [0.4, 0.5) is 0 Å². The van der Waals surface area contributed by atoms with Crippen LogP contribution in [0.1, 0.15) is 17.9 Å². The van der Waals surface area contributed by atoms with Gasteiger partial charge in [0.05, 0.1) is 0 Å². The maximum absolute atomic E-state index is 6.13. The molecule has 0 aliphatic carbocycles. The Kier molecular flexibility index (Phi) is 2.56. The lowest BCUT2D eigenvalue weighted by Gasteiger charge is -2.11. The van der Waals surface area contributed by atoms with Crippen LogP contribution in [0.2, 0.25) is 5.02 Å². The van der Waals surface area contributed by atoms with Crippen molar-refractivity contribution in [2.24, 2.45) is 0 Å². The van der Waals surface area contributed by atoms with Gasteiger partial charge in [0.15, 0.2) is 0 Å².